The standard InChI is InChI=1S/C21H21FN2O4/c1-13-4-3-5-14(2)20(13)23-18(25)12-28-21(27)15-10-19(26)24(11-15)17-8-6-16(22)7-9-17/h3-9,15H,10-12H2,1-2H3,(H,23,25)/t15-/m1/s1. The zero-order valence-electron chi connectivity index (χ0n) is 15.7. The molecule has 0 bridgehead atoms. The Labute approximate surface area is 162 Å². The number of ether oxygens (including phenoxy) is 1. The van der Waals surface area contributed by atoms with Crippen LogP contribution in [0.15, 0.2) is 42.5 Å². The minimum atomic E-state index is -0.662. The van der Waals surface area contributed by atoms with Gasteiger partial charge in [0.15, 0.2) is 6.61 Å². The highest BCUT2D eigenvalue weighted by atomic mass is 19.1. The van der Waals surface area contributed by atoms with E-state index in [1.165, 1.54) is 29.2 Å². The molecule has 28 heavy (non-hydrogen) atoms. The molecule has 0 spiro atoms. The van der Waals surface area contributed by atoms with Gasteiger partial charge in [0.1, 0.15) is 5.82 Å². The van der Waals surface area contributed by atoms with Gasteiger partial charge in [-0.1, -0.05) is 18.2 Å². The molecule has 1 atom stereocenters. The van der Waals surface area contributed by atoms with E-state index in [4.69, 9.17) is 4.74 Å². The first-order chi connectivity index (χ1) is 13.3. The minimum Gasteiger partial charge on any atom is -0.455 e. The number of anilines is 2. The summed E-state index contributed by atoms with van der Waals surface area (Å²) in [5.41, 5.74) is 3.04. The van der Waals surface area contributed by atoms with E-state index < -0.39 is 30.2 Å². The second kappa shape index (κ2) is 8.21. The van der Waals surface area contributed by atoms with Crippen molar-refractivity contribution in [2.45, 2.75) is 20.3 Å². The van der Waals surface area contributed by atoms with Gasteiger partial charge in [0, 0.05) is 24.3 Å². The maximum Gasteiger partial charge on any atom is 0.311 e. The molecule has 7 heteroatoms. The number of hydrogen-bond acceptors (Lipinski definition) is 4. The van der Waals surface area contributed by atoms with Crippen molar-refractivity contribution < 1.29 is 23.5 Å². The second-order valence-corrected chi connectivity index (χ2v) is 6.80. The molecule has 0 aliphatic carbocycles. The molecule has 0 radical (unpaired) electrons. The van der Waals surface area contributed by atoms with Gasteiger partial charge < -0.3 is 15.0 Å². The molecule has 1 aliphatic heterocycles. The van der Waals surface area contributed by atoms with Gasteiger partial charge in [-0.3, -0.25) is 14.4 Å². The number of carbonyl (C=O) groups excluding carboxylic acids is 3. The third kappa shape index (κ3) is 4.36. The van der Waals surface area contributed by atoms with Crippen LogP contribution >= 0.6 is 0 Å². The van der Waals surface area contributed by atoms with E-state index in [1.54, 1.807) is 0 Å². The fourth-order valence-electron chi connectivity index (χ4n) is 3.18. The molecule has 1 fully saturated rings. The number of nitrogens with one attached hydrogen (secondary N) is 1. The summed E-state index contributed by atoms with van der Waals surface area (Å²) in [6.07, 6.45) is -0.00523. The third-order valence-electron chi connectivity index (χ3n) is 4.69. The van der Waals surface area contributed by atoms with Gasteiger partial charge in [-0.15, -0.1) is 0 Å². The quantitative estimate of drug-likeness (QED) is 0.804. The van der Waals surface area contributed by atoms with Gasteiger partial charge in [-0.2, -0.15) is 0 Å². The Morgan fingerprint density at radius 3 is 2.43 bits per heavy atom. The van der Waals surface area contributed by atoms with Crippen molar-refractivity contribution in [3.8, 4) is 0 Å². The van der Waals surface area contributed by atoms with E-state index in [9.17, 15) is 18.8 Å². The van der Waals surface area contributed by atoms with Crippen molar-refractivity contribution in [2.24, 2.45) is 5.92 Å². The molecule has 0 saturated carbocycles. The van der Waals surface area contributed by atoms with Gasteiger partial charge in [0.05, 0.1) is 5.92 Å². The monoisotopic (exact) mass is 384 g/mol. The van der Waals surface area contributed by atoms with E-state index in [-0.39, 0.29) is 18.9 Å². The Hall–Kier alpha value is -3.22. The lowest BCUT2D eigenvalue weighted by Crippen LogP contribution is -2.28. The lowest BCUT2D eigenvalue weighted by molar-refractivity contribution is -0.151. The highest BCUT2D eigenvalue weighted by molar-refractivity contribution is 6.00. The molecule has 2 aromatic rings. The molecular weight excluding hydrogens is 363 g/mol. The van der Waals surface area contributed by atoms with Gasteiger partial charge in [0.2, 0.25) is 5.91 Å². The molecule has 6 nitrogen and oxygen atoms in total. The number of nitrogens with zero attached hydrogens (tertiary/aromatic N) is 1. The third-order valence-corrected chi connectivity index (χ3v) is 4.69. The van der Waals surface area contributed by atoms with E-state index in [0.29, 0.717) is 11.4 Å². The normalized spacial score (nSPS) is 16.2. The molecule has 2 amide bonds. The van der Waals surface area contributed by atoms with Crippen molar-refractivity contribution in [3.63, 3.8) is 0 Å². The van der Waals surface area contributed by atoms with Gasteiger partial charge in [-0.25, -0.2) is 4.39 Å². The second-order valence-electron chi connectivity index (χ2n) is 6.80. The fraction of sp³-hybridized carbons (Fsp3) is 0.286. The van der Waals surface area contributed by atoms with Crippen molar-refractivity contribution in [2.75, 3.05) is 23.4 Å². The lowest BCUT2D eigenvalue weighted by Gasteiger charge is -2.16. The number of halogens is 1. The fourth-order valence-corrected chi connectivity index (χ4v) is 3.18. The molecule has 1 heterocycles. The Morgan fingerprint density at radius 2 is 1.79 bits per heavy atom. The van der Waals surface area contributed by atoms with Gasteiger partial charge in [-0.05, 0) is 49.2 Å². The Morgan fingerprint density at radius 1 is 1.14 bits per heavy atom. The number of benzene rings is 2. The molecule has 0 unspecified atom stereocenters. The Bertz CT molecular complexity index is 891. The molecule has 1 saturated heterocycles. The topological polar surface area (TPSA) is 75.7 Å². The van der Waals surface area contributed by atoms with Crippen molar-refractivity contribution in [1.82, 2.24) is 0 Å². The number of esters is 1. The smallest absolute Gasteiger partial charge is 0.311 e. The van der Waals surface area contributed by atoms with Crippen LogP contribution in [0.1, 0.15) is 17.5 Å². The van der Waals surface area contributed by atoms with E-state index >= 15 is 0 Å². The zero-order chi connectivity index (χ0) is 20.3. The minimum absolute atomic E-state index is 0.00523. The van der Waals surface area contributed by atoms with Crippen molar-refractivity contribution in [1.29, 1.82) is 0 Å². The van der Waals surface area contributed by atoms with Crippen LogP contribution in [0.2, 0.25) is 0 Å². The predicted molar refractivity (Wildman–Crippen MR) is 102 cm³/mol. The summed E-state index contributed by atoms with van der Waals surface area (Å²) in [6, 6.07) is 11.1. The molecular formula is C21H21FN2O4. The van der Waals surface area contributed by atoms with Crippen molar-refractivity contribution in [3.05, 3.63) is 59.4 Å². The first kappa shape index (κ1) is 19.5. The first-order valence-electron chi connectivity index (χ1n) is 8.94. The van der Waals surface area contributed by atoms with Crippen LogP contribution in [0.5, 0.6) is 0 Å². The summed E-state index contributed by atoms with van der Waals surface area (Å²) < 4.78 is 18.1. The summed E-state index contributed by atoms with van der Waals surface area (Å²) in [4.78, 5) is 38.0. The molecule has 2 aromatic carbocycles. The van der Waals surface area contributed by atoms with E-state index in [0.717, 1.165) is 11.1 Å². The van der Waals surface area contributed by atoms with Gasteiger partial charge >= 0.3 is 5.97 Å². The number of carbonyl (C=O) groups is 3. The molecule has 146 valence electrons. The van der Waals surface area contributed by atoms with Gasteiger partial charge in [0.25, 0.3) is 5.91 Å². The molecule has 1 N–H and O–H groups in total. The number of para-hydroxylation sites is 1. The largest absolute Gasteiger partial charge is 0.455 e. The van der Waals surface area contributed by atoms with Crippen LogP contribution in [0, 0.1) is 25.6 Å². The summed E-state index contributed by atoms with van der Waals surface area (Å²) >= 11 is 0. The summed E-state index contributed by atoms with van der Waals surface area (Å²) in [6.45, 7) is 3.47. The average molecular weight is 384 g/mol. The summed E-state index contributed by atoms with van der Waals surface area (Å²) in [5, 5.41) is 2.74. The molecule has 3 rings (SSSR count). The summed E-state index contributed by atoms with van der Waals surface area (Å²) in [5.74, 6) is -2.35. The van der Waals surface area contributed by atoms with E-state index in [2.05, 4.69) is 5.32 Å². The number of hydrogen-bond donors (Lipinski definition) is 1. The maximum absolute atomic E-state index is 13.0. The average Bonchev–Trinajstić information content (AvgIpc) is 3.05. The predicted octanol–water partition coefficient (Wildman–Crippen LogP) is 2.98. The van der Waals surface area contributed by atoms with Crippen LogP contribution in [-0.2, 0) is 19.1 Å². The summed E-state index contributed by atoms with van der Waals surface area (Å²) in [7, 11) is 0. The lowest BCUT2D eigenvalue weighted by atomic mass is 10.1. The van der Waals surface area contributed by atoms with Crippen molar-refractivity contribution >= 4 is 29.2 Å². The molecule has 1 aliphatic rings. The number of rotatable bonds is 5. The highest BCUT2D eigenvalue weighted by Gasteiger charge is 2.36. The van der Waals surface area contributed by atoms with Crippen LogP contribution in [0.3, 0.4) is 0 Å². The van der Waals surface area contributed by atoms with E-state index in [1.807, 2.05) is 32.0 Å². The Balaban J connectivity index is 1.54. The zero-order valence-corrected chi connectivity index (χ0v) is 15.7. The van der Waals surface area contributed by atoms with Crippen LogP contribution in [0.4, 0.5) is 15.8 Å². The first-order valence-corrected chi connectivity index (χ1v) is 8.94. The number of amides is 2. The van der Waals surface area contributed by atoms with Crippen LogP contribution < -0.4 is 10.2 Å². The van der Waals surface area contributed by atoms with Crippen LogP contribution in [-0.4, -0.2) is 30.9 Å². The van der Waals surface area contributed by atoms with Crippen LogP contribution in [0.25, 0.3) is 0 Å². The highest BCUT2D eigenvalue weighted by Crippen LogP contribution is 2.26. The number of aryl methyl sites for hydroxylation is 2. The molecule has 0 aromatic heterocycles. The SMILES string of the molecule is Cc1cccc(C)c1NC(=O)COC(=O)[C@@H]1CC(=O)N(c2ccc(F)cc2)C1. The Kier molecular flexibility index (Phi) is 5.73. The maximum atomic E-state index is 13.0.